The first kappa shape index (κ1) is 16.3. The van der Waals surface area contributed by atoms with E-state index in [4.69, 9.17) is 0 Å². The summed E-state index contributed by atoms with van der Waals surface area (Å²) < 4.78 is 2.11. The topological polar surface area (TPSA) is 90.1 Å². The van der Waals surface area contributed by atoms with Crippen molar-refractivity contribution in [1.29, 1.82) is 0 Å². The van der Waals surface area contributed by atoms with Gasteiger partial charge in [-0.15, -0.1) is 0 Å². The number of rotatable bonds is 4. The van der Waals surface area contributed by atoms with Gasteiger partial charge in [-0.1, -0.05) is 36.0 Å². The van der Waals surface area contributed by atoms with Crippen LogP contribution in [0.15, 0.2) is 59.9 Å². The van der Waals surface area contributed by atoms with E-state index >= 15 is 0 Å². The molecule has 7 nitrogen and oxygen atoms in total. The largest absolute Gasteiger partial charge is 0.325 e. The predicted octanol–water partition coefficient (Wildman–Crippen LogP) is 3.82. The zero-order valence-electron chi connectivity index (χ0n) is 13.6. The Morgan fingerprint density at radius 1 is 1.23 bits per heavy atom. The molecule has 1 aromatic heterocycles. The van der Waals surface area contributed by atoms with Gasteiger partial charge in [-0.2, -0.15) is 0 Å². The Kier molecular flexibility index (Phi) is 4.18. The lowest BCUT2D eigenvalue weighted by Crippen LogP contribution is -2.13. The minimum atomic E-state index is -0.560. The highest BCUT2D eigenvalue weighted by Crippen LogP contribution is 2.30. The second kappa shape index (κ2) is 6.64. The number of imidazole rings is 1. The summed E-state index contributed by atoms with van der Waals surface area (Å²) in [7, 11) is 0. The number of nitrogens with zero attached hydrogens (tertiary/aromatic N) is 3. The smallest absolute Gasteiger partial charge is 0.282 e. The second-order valence-corrected chi connectivity index (χ2v) is 6.82. The van der Waals surface area contributed by atoms with Crippen molar-refractivity contribution in [2.45, 2.75) is 11.7 Å². The molecular weight excluding hydrogens is 352 g/mol. The molecule has 1 N–H and O–H groups in total. The lowest BCUT2D eigenvalue weighted by atomic mass is 10.1. The maximum Gasteiger partial charge on any atom is 0.282 e. The van der Waals surface area contributed by atoms with Crippen LogP contribution in [0.3, 0.4) is 0 Å². The molecule has 0 saturated heterocycles. The number of carbonyl (C=O) groups is 1. The van der Waals surface area contributed by atoms with Crippen LogP contribution in [-0.2, 0) is 6.54 Å². The van der Waals surface area contributed by atoms with Crippen LogP contribution in [0.2, 0.25) is 0 Å². The predicted molar refractivity (Wildman–Crippen MR) is 99.4 cm³/mol. The average Bonchev–Trinajstić information content (AvgIpc) is 3.24. The quantitative estimate of drug-likeness (QED) is 0.560. The molecule has 0 fully saturated rings. The molecule has 0 atom stereocenters. The number of anilines is 1. The normalized spacial score (nSPS) is 12.6. The molecule has 130 valence electrons. The molecule has 0 bridgehead atoms. The lowest BCUT2D eigenvalue weighted by molar-refractivity contribution is -0.385. The van der Waals surface area contributed by atoms with Gasteiger partial charge in [0.1, 0.15) is 5.56 Å². The lowest BCUT2D eigenvalue weighted by Gasteiger charge is -2.07. The van der Waals surface area contributed by atoms with Gasteiger partial charge in [0.05, 0.1) is 10.6 Å². The van der Waals surface area contributed by atoms with E-state index in [0.717, 1.165) is 28.7 Å². The number of hydrogen-bond acceptors (Lipinski definition) is 5. The molecule has 1 amide bonds. The Hall–Kier alpha value is -3.13. The Bertz CT molecular complexity index is 994. The number of thioether (sulfide) groups is 1. The van der Waals surface area contributed by atoms with Crippen molar-refractivity contribution < 1.29 is 9.72 Å². The van der Waals surface area contributed by atoms with E-state index in [0.29, 0.717) is 5.69 Å². The third-order valence-electron chi connectivity index (χ3n) is 4.06. The molecule has 8 heteroatoms. The summed E-state index contributed by atoms with van der Waals surface area (Å²) in [6.07, 6.45) is 2.00. The Labute approximate surface area is 153 Å². The molecule has 2 heterocycles. The van der Waals surface area contributed by atoms with Crippen LogP contribution >= 0.6 is 11.8 Å². The second-order valence-electron chi connectivity index (χ2n) is 5.76. The summed E-state index contributed by atoms with van der Waals surface area (Å²) in [6, 6.07) is 13.2. The number of benzene rings is 2. The molecule has 1 aliphatic rings. The first-order chi connectivity index (χ1) is 12.6. The Morgan fingerprint density at radius 3 is 2.88 bits per heavy atom. The highest BCUT2D eigenvalue weighted by molar-refractivity contribution is 7.99. The summed E-state index contributed by atoms with van der Waals surface area (Å²) in [5.74, 6) is 0.520. The van der Waals surface area contributed by atoms with E-state index in [1.54, 1.807) is 23.9 Å². The fraction of sp³-hybridized carbons (Fsp3) is 0.111. The van der Waals surface area contributed by atoms with Crippen molar-refractivity contribution >= 4 is 29.0 Å². The SMILES string of the molecule is O=C(Nc1cccc(-c2cn3c(n2)SCC3)c1)c1ccccc1[N+](=O)[O-]. The van der Waals surface area contributed by atoms with E-state index in [-0.39, 0.29) is 11.3 Å². The van der Waals surface area contributed by atoms with Gasteiger partial charge in [-0.25, -0.2) is 4.98 Å². The molecule has 0 radical (unpaired) electrons. The van der Waals surface area contributed by atoms with Crippen molar-refractivity contribution in [3.05, 3.63) is 70.4 Å². The first-order valence-electron chi connectivity index (χ1n) is 7.97. The molecule has 0 unspecified atom stereocenters. The summed E-state index contributed by atoms with van der Waals surface area (Å²) in [5.41, 5.74) is 2.09. The van der Waals surface area contributed by atoms with Gasteiger partial charge < -0.3 is 9.88 Å². The summed E-state index contributed by atoms with van der Waals surface area (Å²) in [4.78, 5) is 27.6. The van der Waals surface area contributed by atoms with Crippen LogP contribution in [0.25, 0.3) is 11.3 Å². The van der Waals surface area contributed by atoms with E-state index in [2.05, 4.69) is 14.9 Å². The monoisotopic (exact) mass is 366 g/mol. The molecule has 4 rings (SSSR count). The summed E-state index contributed by atoms with van der Waals surface area (Å²) in [5, 5.41) is 14.8. The van der Waals surface area contributed by atoms with Crippen molar-refractivity contribution in [2.24, 2.45) is 0 Å². The number of aryl methyl sites for hydroxylation is 1. The maximum absolute atomic E-state index is 12.5. The third kappa shape index (κ3) is 3.06. The number of hydrogen-bond donors (Lipinski definition) is 1. The number of aromatic nitrogens is 2. The van der Waals surface area contributed by atoms with Crippen molar-refractivity contribution in [1.82, 2.24) is 9.55 Å². The highest BCUT2D eigenvalue weighted by atomic mass is 32.2. The zero-order chi connectivity index (χ0) is 18.1. The molecule has 3 aromatic rings. The number of nitrogens with one attached hydrogen (secondary N) is 1. The van der Waals surface area contributed by atoms with Crippen LogP contribution in [0.5, 0.6) is 0 Å². The van der Waals surface area contributed by atoms with E-state index in [9.17, 15) is 14.9 Å². The van der Waals surface area contributed by atoms with Gasteiger partial charge in [-0.3, -0.25) is 14.9 Å². The minimum absolute atomic E-state index is 0.0280. The van der Waals surface area contributed by atoms with Crippen LogP contribution < -0.4 is 5.32 Å². The van der Waals surface area contributed by atoms with Gasteiger partial charge in [0.25, 0.3) is 11.6 Å². The van der Waals surface area contributed by atoms with Gasteiger partial charge >= 0.3 is 0 Å². The Balaban J connectivity index is 1.59. The Morgan fingerprint density at radius 2 is 2.08 bits per heavy atom. The number of nitro benzene ring substituents is 1. The molecule has 26 heavy (non-hydrogen) atoms. The molecule has 0 aliphatic carbocycles. The zero-order valence-corrected chi connectivity index (χ0v) is 14.4. The van der Waals surface area contributed by atoms with Crippen LogP contribution in [0.1, 0.15) is 10.4 Å². The van der Waals surface area contributed by atoms with E-state index in [1.807, 2.05) is 24.4 Å². The number of fused-ring (bicyclic) bond motifs is 1. The first-order valence-corrected chi connectivity index (χ1v) is 8.95. The third-order valence-corrected chi connectivity index (χ3v) is 5.04. The van der Waals surface area contributed by atoms with Gasteiger partial charge in [0, 0.05) is 35.8 Å². The molecular formula is C18H14N4O3S. The molecule has 1 aliphatic heterocycles. The fourth-order valence-electron chi connectivity index (χ4n) is 2.83. The fourth-order valence-corrected chi connectivity index (χ4v) is 3.77. The van der Waals surface area contributed by atoms with Crippen molar-refractivity contribution in [2.75, 3.05) is 11.1 Å². The van der Waals surface area contributed by atoms with Crippen LogP contribution in [-0.4, -0.2) is 26.1 Å². The highest BCUT2D eigenvalue weighted by Gasteiger charge is 2.20. The molecule has 0 saturated carbocycles. The number of nitro groups is 1. The van der Waals surface area contributed by atoms with E-state index in [1.165, 1.54) is 18.2 Å². The van der Waals surface area contributed by atoms with Crippen molar-refractivity contribution in [3.63, 3.8) is 0 Å². The molecule has 2 aromatic carbocycles. The number of amides is 1. The van der Waals surface area contributed by atoms with Crippen LogP contribution in [0, 0.1) is 10.1 Å². The minimum Gasteiger partial charge on any atom is -0.325 e. The van der Waals surface area contributed by atoms with Crippen LogP contribution in [0.4, 0.5) is 11.4 Å². The number of carbonyl (C=O) groups excluding carboxylic acids is 1. The standard InChI is InChI=1S/C18H14N4O3S/c23-17(14-6-1-2-7-16(14)22(24)25)19-13-5-3-4-12(10-13)15-11-21-8-9-26-18(21)20-15/h1-7,10-11H,8-9H2,(H,19,23). The number of para-hydroxylation sites is 1. The van der Waals surface area contributed by atoms with Gasteiger partial charge in [-0.05, 0) is 18.2 Å². The van der Waals surface area contributed by atoms with Crippen molar-refractivity contribution in [3.8, 4) is 11.3 Å². The maximum atomic E-state index is 12.5. The summed E-state index contributed by atoms with van der Waals surface area (Å²) in [6.45, 7) is 0.946. The molecule has 0 spiro atoms. The van der Waals surface area contributed by atoms with Gasteiger partial charge in [0.15, 0.2) is 5.16 Å². The van der Waals surface area contributed by atoms with E-state index < -0.39 is 10.8 Å². The van der Waals surface area contributed by atoms with Gasteiger partial charge in [0.2, 0.25) is 0 Å². The average molecular weight is 366 g/mol. The summed E-state index contributed by atoms with van der Waals surface area (Å²) >= 11 is 1.72.